The van der Waals surface area contributed by atoms with Gasteiger partial charge in [-0.05, 0) is 0 Å². The second-order valence-corrected chi connectivity index (χ2v) is 4.99. The summed E-state index contributed by atoms with van der Waals surface area (Å²) in [6.45, 7) is 11.3. The van der Waals surface area contributed by atoms with Gasteiger partial charge in [0, 0.05) is 0 Å². The van der Waals surface area contributed by atoms with E-state index in [0.717, 1.165) is 0 Å². The van der Waals surface area contributed by atoms with Crippen LogP contribution in [0.1, 0.15) is 34.6 Å². The summed E-state index contributed by atoms with van der Waals surface area (Å²) in [6, 6.07) is 0. The van der Waals surface area contributed by atoms with Crippen LogP contribution in [0, 0.1) is 5.41 Å². The zero-order valence-corrected chi connectivity index (χ0v) is 15.7. The van der Waals surface area contributed by atoms with Gasteiger partial charge in [-0.3, -0.25) is 0 Å². The number of halogens is 2. The van der Waals surface area contributed by atoms with E-state index in [-0.39, 0.29) is 48.0 Å². The van der Waals surface area contributed by atoms with Gasteiger partial charge in [-0.15, -0.1) is 48.0 Å². The van der Waals surface area contributed by atoms with Gasteiger partial charge in [0.2, 0.25) is 0 Å². The third kappa shape index (κ3) is 2.79. The molecule has 0 nitrogen and oxygen atoms in total. The fourth-order valence-corrected chi connectivity index (χ4v) is 2.43. The zero-order valence-electron chi connectivity index (χ0n) is 8.65. The Hall–Kier alpha value is 1.59. The summed E-state index contributed by atoms with van der Waals surface area (Å²) in [4.78, 5) is 0. The molecule has 0 heterocycles. The molecule has 13 heavy (non-hydrogen) atoms. The van der Waals surface area contributed by atoms with Crippen LogP contribution in [0.15, 0.2) is 20.8 Å². The van der Waals surface area contributed by atoms with Crippen molar-refractivity contribution in [3.63, 3.8) is 0 Å². The van der Waals surface area contributed by atoms with Crippen LogP contribution in [-0.2, 0) is 18.9 Å². The Balaban J connectivity index is 0. The quantitative estimate of drug-likeness (QED) is 0.371. The van der Waals surface area contributed by atoms with E-state index in [2.05, 4.69) is 53.5 Å². The van der Waals surface area contributed by atoms with Gasteiger partial charge in [-0.1, -0.05) is 0 Å². The van der Waals surface area contributed by atoms with Crippen molar-refractivity contribution in [1.82, 2.24) is 0 Å². The number of rotatable bonds is 0. The minimum absolute atomic E-state index is 0. The molecule has 0 unspecified atom stereocenters. The summed E-state index contributed by atoms with van der Waals surface area (Å²) >= 11 is 2.25. The SMILES string of the molecule is CC1=C(C)C(C)(C)[C]([Ir])=C1C.I.I. The average Bonchev–Trinajstić information content (AvgIpc) is 2.06. The first kappa shape index (κ1) is 17.0. The molecule has 0 aromatic heterocycles. The first-order chi connectivity index (χ1) is 4.89. The largest absolute Gasteiger partial charge is 0.107 e. The smallest absolute Gasteiger partial charge is 0.107 e. The Morgan fingerprint density at radius 2 is 1.31 bits per heavy atom. The summed E-state index contributed by atoms with van der Waals surface area (Å²) in [5.41, 5.74) is 4.83. The molecule has 1 aliphatic rings. The molecule has 1 aliphatic carbocycles. The van der Waals surface area contributed by atoms with E-state index in [4.69, 9.17) is 0 Å². The minimum Gasteiger partial charge on any atom is -0.107 e. The first-order valence-corrected chi connectivity index (χ1v) is 5.11. The molecule has 80 valence electrons. The summed E-state index contributed by atoms with van der Waals surface area (Å²) < 4.78 is 1.53. The van der Waals surface area contributed by atoms with Gasteiger partial charge in [0.05, 0.1) is 0 Å². The van der Waals surface area contributed by atoms with Gasteiger partial charge in [-0.2, -0.15) is 0 Å². The van der Waals surface area contributed by atoms with Crippen molar-refractivity contribution in [2.75, 3.05) is 0 Å². The Bertz CT molecular complexity index is 236. The second kappa shape index (κ2) is 5.61. The van der Waals surface area contributed by atoms with Crippen molar-refractivity contribution in [3.05, 3.63) is 20.8 Å². The average molecular weight is 583 g/mol. The van der Waals surface area contributed by atoms with E-state index in [1.807, 2.05) is 0 Å². The van der Waals surface area contributed by atoms with E-state index in [0.29, 0.717) is 5.41 Å². The molecule has 0 aromatic carbocycles. The predicted molar refractivity (Wildman–Crippen MR) is 75.7 cm³/mol. The molecule has 0 bridgehead atoms. The van der Waals surface area contributed by atoms with Gasteiger partial charge in [0.1, 0.15) is 0 Å². The molecule has 0 aliphatic heterocycles. The Morgan fingerprint density at radius 3 is 1.38 bits per heavy atom. The first-order valence-electron chi connectivity index (χ1n) is 3.92. The van der Waals surface area contributed by atoms with Crippen molar-refractivity contribution in [2.45, 2.75) is 34.6 Å². The van der Waals surface area contributed by atoms with Gasteiger partial charge in [0.15, 0.2) is 0 Å². The van der Waals surface area contributed by atoms with Crippen molar-refractivity contribution in [3.8, 4) is 0 Å². The molecule has 0 amide bonds. The Morgan fingerprint density at radius 1 is 0.923 bits per heavy atom. The van der Waals surface area contributed by atoms with Crippen LogP contribution >= 0.6 is 48.0 Å². The van der Waals surface area contributed by atoms with Crippen LogP contribution < -0.4 is 0 Å². The van der Waals surface area contributed by atoms with Gasteiger partial charge in [0.25, 0.3) is 0 Å². The molecule has 0 atom stereocenters. The van der Waals surface area contributed by atoms with Crippen molar-refractivity contribution >= 4 is 48.0 Å². The Kier molecular flexibility index (Phi) is 7.34. The molecule has 0 N–H and O–H groups in total. The molecule has 0 spiro atoms. The van der Waals surface area contributed by atoms with Crippen molar-refractivity contribution in [1.29, 1.82) is 0 Å². The molecule has 0 fully saturated rings. The molecule has 0 saturated heterocycles. The third-order valence-electron chi connectivity index (χ3n) is 2.90. The van der Waals surface area contributed by atoms with E-state index in [1.54, 1.807) is 0 Å². The summed E-state index contributed by atoms with van der Waals surface area (Å²) in [5, 5.41) is 0. The molecule has 3 heteroatoms. The standard InChI is InChI=1S/C10H15.2HI.Ir/c1-7-6-10(4,5)9(3)8(7)2;;;/h1-5H3;2*1H;. The van der Waals surface area contributed by atoms with E-state index in [9.17, 15) is 0 Å². The van der Waals surface area contributed by atoms with E-state index in [1.165, 1.54) is 20.8 Å². The topological polar surface area (TPSA) is 0 Å². The molecule has 0 aromatic rings. The number of hydrogen-bond acceptors (Lipinski definition) is 0. The normalized spacial score (nSPS) is 19.9. The van der Waals surface area contributed by atoms with E-state index >= 15 is 0 Å². The maximum Gasteiger partial charge on any atom is -0.107 e. The van der Waals surface area contributed by atoms with Gasteiger partial charge in [-0.25, -0.2) is 0 Å². The fraction of sp³-hybridized carbons (Fsp3) is 0.600. The van der Waals surface area contributed by atoms with Crippen LogP contribution in [0.3, 0.4) is 0 Å². The van der Waals surface area contributed by atoms with Crippen LogP contribution in [0.5, 0.6) is 0 Å². The van der Waals surface area contributed by atoms with Crippen molar-refractivity contribution < 1.29 is 18.9 Å². The monoisotopic (exact) mass is 584 g/mol. The summed E-state index contributed by atoms with van der Waals surface area (Å²) in [6.07, 6.45) is 0. The van der Waals surface area contributed by atoms with Crippen LogP contribution in [0.2, 0.25) is 0 Å². The number of hydrogen-bond donors (Lipinski definition) is 0. The minimum atomic E-state index is 0. The molecular formula is C10H17I2Ir. The van der Waals surface area contributed by atoms with Crippen LogP contribution in [0.25, 0.3) is 0 Å². The summed E-state index contributed by atoms with van der Waals surface area (Å²) in [5.74, 6) is 0. The molecular weight excluding hydrogens is 566 g/mol. The third-order valence-corrected chi connectivity index (χ3v) is 5.29. The maximum atomic E-state index is 2.30. The second-order valence-electron chi connectivity index (χ2n) is 3.79. The van der Waals surface area contributed by atoms with Gasteiger partial charge < -0.3 is 0 Å². The van der Waals surface area contributed by atoms with Crippen LogP contribution in [0.4, 0.5) is 0 Å². The zero-order chi connectivity index (χ0) is 8.81. The number of allylic oxidation sites excluding steroid dienone is 4. The molecule has 1 rings (SSSR count). The predicted octanol–water partition coefficient (Wildman–Crippen LogP) is 4.42. The fourth-order valence-electron chi connectivity index (χ4n) is 1.53. The van der Waals surface area contributed by atoms with E-state index < -0.39 is 0 Å². The van der Waals surface area contributed by atoms with Crippen molar-refractivity contribution in [2.24, 2.45) is 5.41 Å². The summed E-state index contributed by atoms with van der Waals surface area (Å²) in [7, 11) is 0. The van der Waals surface area contributed by atoms with Gasteiger partial charge >= 0.3 is 79.7 Å². The maximum absolute atomic E-state index is 2.30. The molecule has 0 saturated carbocycles. The Labute approximate surface area is 126 Å². The van der Waals surface area contributed by atoms with Crippen LogP contribution in [-0.4, -0.2) is 0 Å². The molecule has 0 radical (unpaired) electrons.